The van der Waals surface area contributed by atoms with Gasteiger partial charge in [0.15, 0.2) is 0 Å². The second kappa shape index (κ2) is 6.35. The standard InChI is InChI=1S/C10H23N3O/c1-11-12-8-14-10-6-4-9(5-7-10)13(2)3/h9-12H,4-8H2,1-3H3. The predicted molar refractivity (Wildman–Crippen MR) is 57.9 cm³/mol. The van der Waals surface area contributed by atoms with E-state index >= 15 is 0 Å². The van der Waals surface area contributed by atoms with Crippen molar-refractivity contribution < 1.29 is 4.74 Å². The summed E-state index contributed by atoms with van der Waals surface area (Å²) in [5, 5.41) is 0. The van der Waals surface area contributed by atoms with Crippen LogP contribution >= 0.6 is 0 Å². The summed E-state index contributed by atoms with van der Waals surface area (Å²) >= 11 is 0. The normalized spacial score (nSPS) is 28.3. The van der Waals surface area contributed by atoms with Gasteiger partial charge in [-0.3, -0.25) is 5.43 Å². The quantitative estimate of drug-likeness (QED) is 0.387. The van der Waals surface area contributed by atoms with Gasteiger partial charge in [0.2, 0.25) is 0 Å². The Morgan fingerprint density at radius 3 is 2.36 bits per heavy atom. The Kier molecular flexibility index (Phi) is 5.40. The van der Waals surface area contributed by atoms with Crippen LogP contribution in [0.4, 0.5) is 0 Å². The third kappa shape index (κ3) is 3.92. The Balaban J connectivity index is 2.09. The smallest absolute Gasteiger partial charge is 0.109 e. The third-order valence-corrected chi connectivity index (χ3v) is 2.94. The summed E-state index contributed by atoms with van der Waals surface area (Å²) in [6, 6.07) is 0.757. The van der Waals surface area contributed by atoms with Crippen molar-refractivity contribution in [1.82, 2.24) is 15.8 Å². The SMILES string of the molecule is CNNCOC1CCC(N(C)C)CC1. The summed E-state index contributed by atoms with van der Waals surface area (Å²) in [6.07, 6.45) is 5.35. The Hall–Kier alpha value is -0.160. The maximum Gasteiger partial charge on any atom is 0.109 e. The summed E-state index contributed by atoms with van der Waals surface area (Å²) in [4.78, 5) is 2.32. The molecule has 14 heavy (non-hydrogen) atoms. The van der Waals surface area contributed by atoms with Gasteiger partial charge in [-0.1, -0.05) is 0 Å². The highest BCUT2D eigenvalue weighted by molar-refractivity contribution is 4.76. The molecule has 84 valence electrons. The number of ether oxygens (including phenoxy) is 1. The first-order chi connectivity index (χ1) is 6.74. The monoisotopic (exact) mass is 201 g/mol. The summed E-state index contributed by atoms with van der Waals surface area (Å²) in [5.41, 5.74) is 5.80. The van der Waals surface area contributed by atoms with E-state index in [-0.39, 0.29) is 0 Å². The molecule has 0 heterocycles. The van der Waals surface area contributed by atoms with Gasteiger partial charge in [0.1, 0.15) is 6.73 Å². The van der Waals surface area contributed by atoms with E-state index in [0.717, 1.165) is 6.04 Å². The minimum absolute atomic E-state index is 0.451. The van der Waals surface area contributed by atoms with E-state index in [1.807, 2.05) is 7.05 Å². The molecule has 0 saturated heterocycles. The lowest BCUT2D eigenvalue weighted by Gasteiger charge is -2.32. The van der Waals surface area contributed by atoms with Crippen LogP contribution in [0.3, 0.4) is 0 Å². The minimum Gasteiger partial charge on any atom is -0.362 e. The van der Waals surface area contributed by atoms with Crippen LogP contribution in [0.15, 0.2) is 0 Å². The third-order valence-electron chi connectivity index (χ3n) is 2.94. The first-order valence-corrected chi connectivity index (χ1v) is 5.41. The highest BCUT2D eigenvalue weighted by Crippen LogP contribution is 2.23. The molecule has 0 amide bonds. The molecule has 0 aliphatic heterocycles. The van der Waals surface area contributed by atoms with E-state index in [4.69, 9.17) is 4.74 Å². The molecule has 0 aromatic rings. The fourth-order valence-electron chi connectivity index (χ4n) is 1.96. The molecule has 0 bridgehead atoms. The van der Waals surface area contributed by atoms with Crippen LogP contribution in [0.1, 0.15) is 25.7 Å². The molecule has 4 heteroatoms. The maximum absolute atomic E-state index is 5.66. The molecule has 1 fully saturated rings. The predicted octanol–water partition coefficient (Wildman–Crippen LogP) is 0.557. The van der Waals surface area contributed by atoms with Crippen LogP contribution in [0.5, 0.6) is 0 Å². The summed E-state index contributed by atoms with van der Waals surface area (Å²) in [5.74, 6) is 0. The maximum atomic E-state index is 5.66. The molecule has 1 aliphatic rings. The summed E-state index contributed by atoms with van der Waals surface area (Å²) in [7, 11) is 6.18. The lowest BCUT2D eigenvalue weighted by molar-refractivity contribution is 0.000192. The zero-order chi connectivity index (χ0) is 10.4. The van der Waals surface area contributed by atoms with Crippen molar-refractivity contribution in [1.29, 1.82) is 0 Å². The largest absolute Gasteiger partial charge is 0.362 e. The van der Waals surface area contributed by atoms with Gasteiger partial charge in [-0.2, -0.15) is 0 Å². The van der Waals surface area contributed by atoms with Crippen molar-refractivity contribution in [2.24, 2.45) is 0 Å². The molecule has 0 atom stereocenters. The molecule has 2 N–H and O–H groups in total. The Morgan fingerprint density at radius 2 is 1.86 bits per heavy atom. The molecule has 0 spiro atoms. The lowest BCUT2D eigenvalue weighted by atomic mass is 9.92. The number of nitrogens with one attached hydrogen (secondary N) is 2. The first-order valence-electron chi connectivity index (χ1n) is 5.41. The number of hydrogen-bond donors (Lipinski definition) is 2. The van der Waals surface area contributed by atoms with Crippen LogP contribution in [-0.4, -0.2) is 44.9 Å². The number of hydrogen-bond acceptors (Lipinski definition) is 4. The van der Waals surface area contributed by atoms with Crippen LogP contribution < -0.4 is 10.9 Å². The van der Waals surface area contributed by atoms with E-state index < -0.39 is 0 Å². The number of rotatable bonds is 5. The van der Waals surface area contributed by atoms with Gasteiger partial charge in [0.05, 0.1) is 6.10 Å². The highest BCUT2D eigenvalue weighted by Gasteiger charge is 2.22. The van der Waals surface area contributed by atoms with Crippen molar-refractivity contribution in [3.05, 3.63) is 0 Å². The average molecular weight is 201 g/mol. The second-order valence-corrected chi connectivity index (χ2v) is 4.13. The molecule has 0 aromatic carbocycles. The lowest BCUT2D eigenvalue weighted by Crippen LogP contribution is -2.37. The number of hydrazine groups is 1. The molecule has 4 nitrogen and oxygen atoms in total. The van der Waals surface area contributed by atoms with Gasteiger partial charge in [-0.05, 0) is 46.8 Å². The molecule has 1 rings (SSSR count). The zero-order valence-electron chi connectivity index (χ0n) is 9.55. The van der Waals surface area contributed by atoms with Crippen LogP contribution in [-0.2, 0) is 4.74 Å². The Morgan fingerprint density at radius 1 is 1.21 bits per heavy atom. The zero-order valence-corrected chi connectivity index (χ0v) is 9.55. The van der Waals surface area contributed by atoms with E-state index in [1.54, 1.807) is 0 Å². The average Bonchev–Trinajstić information content (AvgIpc) is 2.19. The molecular formula is C10H23N3O. The van der Waals surface area contributed by atoms with E-state index in [0.29, 0.717) is 12.8 Å². The summed E-state index contributed by atoms with van der Waals surface area (Å²) < 4.78 is 5.66. The van der Waals surface area contributed by atoms with Gasteiger partial charge in [-0.15, -0.1) is 0 Å². The topological polar surface area (TPSA) is 36.5 Å². The molecule has 0 radical (unpaired) electrons. The minimum atomic E-state index is 0.451. The fraction of sp³-hybridized carbons (Fsp3) is 1.00. The first kappa shape index (κ1) is 11.9. The van der Waals surface area contributed by atoms with Crippen molar-refractivity contribution in [3.8, 4) is 0 Å². The highest BCUT2D eigenvalue weighted by atomic mass is 16.5. The van der Waals surface area contributed by atoms with Gasteiger partial charge < -0.3 is 9.64 Å². The van der Waals surface area contributed by atoms with Gasteiger partial charge in [0, 0.05) is 6.04 Å². The van der Waals surface area contributed by atoms with Gasteiger partial charge in [-0.25, -0.2) is 5.43 Å². The molecule has 1 saturated carbocycles. The molecule has 1 aliphatic carbocycles. The van der Waals surface area contributed by atoms with Crippen LogP contribution in [0.2, 0.25) is 0 Å². The van der Waals surface area contributed by atoms with E-state index in [1.165, 1.54) is 25.7 Å². The molecule has 0 aromatic heterocycles. The second-order valence-electron chi connectivity index (χ2n) is 4.13. The van der Waals surface area contributed by atoms with Crippen LogP contribution in [0.25, 0.3) is 0 Å². The van der Waals surface area contributed by atoms with E-state index in [2.05, 4.69) is 29.8 Å². The fourth-order valence-corrected chi connectivity index (χ4v) is 1.96. The van der Waals surface area contributed by atoms with Gasteiger partial charge in [0.25, 0.3) is 0 Å². The van der Waals surface area contributed by atoms with Crippen molar-refractivity contribution in [3.63, 3.8) is 0 Å². The molecule has 0 unspecified atom stereocenters. The van der Waals surface area contributed by atoms with Crippen molar-refractivity contribution in [2.75, 3.05) is 27.9 Å². The Labute approximate surface area is 87.0 Å². The van der Waals surface area contributed by atoms with Gasteiger partial charge >= 0.3 is 0 Å². The van der Waals surface area contributed by atoms with Crippen molar-refractivity contribution in [2.45, 2.75) is 37.8 Å². The van der Waals surface area contributed by atoms with Crippen molar-refractivity contribution >= 4 is 0 Å². The van der Waals surface area contributed by atoms with Crippen LogP contribution in [0, 0.1) is 0 Å². The molecular weight excluding hydrogens is 178 g/mol. The van der Waals surface area contributed by atoms with E-state index in [9.17, 15) is 0 Å². The Bertz CT molecular complexity index is 144. The summed E-state index contributed by atoms with van der Waals surface area (Å²) in [6.45, 7) is 0.605. The number of nitrogens with zero attached hydrogens (tertiary/aromatic N) is 1.